The fourth-order valence-electron chi connectivity index (χ4n) is 2.02. The molecule has 1 aromatic carbocycles. The fourth-order valence-corrected chi connectivity index (χ4v) is 2.02. The van der Waals surface area contributed by atoms with Gasteiger partial charge in [0.15, 0.2) is 11.6 Å². The Morgan fingerprint density at radius 3 is 2.65 bits per heavy atom. The zero-order valence-corrected chi connectivity index (χ0v) is 11.1. The van der Waals surface area contributed by atoms with Gasteiger partial charge in [-0.15, -0.1) is 0 Å². The molecule has 0 bridgehead atoms. The van der Waals surface area contributed by atoms with Gasteiger partial charge in [-0.2, -0.15) is 4.73 Å². The molecule has 2 aliphatic rings. The summed E-state index contributed by atoms with van der Waals surface area (Å²) >= 11 is 0. The Morgan fingerprint density at radius 1 is 1.10 bits per heavy atom. The summed E-state index contributed by atoms with van der Waals surface area (Å²) in [5, 5.41) is 9.70. The third kappa shape index (κ3) is 1.91. The van der Waals surface area contributed by atoms with Gasteiger partial charge in [0.05, 0.1) is 19.8 Å². The van der Waals surface area contributed by atoms with Crippen LogP contribution in [-0.4, -0.2) is 34.1 Å². The van der Waals surface area contributed by atoms with Crippen LogP contribution in [0.1, 0.15) is 0 Å². The maximum absolute atomic E-state index is 9.70. The highest BCUT2D eigenvalue weighted by Gasteiger charge is 2.18. The fraction of sp³-hybridized carbons (Fsp3) is 0.143. The van der Waals surface area contributed by atoms with Crippen LogP contribution in [0.25, 0.3) is 22.9 Å². The molecule has 20 heavy (non-hydrogen) atoms. The monoisotopic (exact) mass is 271 g/mol. The molecule has 0 atom stereocenters. The van der Waals surface area contributed by atoms with Crippen molar-refractivity contribution in [3.63, 3.8) is 0 Å². The zero-order chi connectivity index (χ0) is 14.1. The second-order valence-corrected chi connectivity index (χ2v) is 4.18. The Kier molecular flexibility index (Phi) is 2.90. The minimum absolute atomic E-state index is 0.403. The molecule has 0 amide bonds. The van der Waals surface area contributed by atoms with E-state index < -0.39 is 0 Å². The van der Waals surface area contributed by atoms with E-state index in [1.807, 2.05) is 12.1 Å². The second-order valence-electron chi connectivity index (χ2n) is 4.18. The number of methoxy groups -OCH3 is 2. The van der Waals surface area contributed by atoms with Gasteiger partial charge in [-0.05, 0) is 24.3 Å². The number of fused-ring (bicyclic) bond motifs is 1. The van der Waals surface area contributed by atoms with Crippen LogP contribution in [0.15, 0.2) is 36.5 Å². The van der Waals surface area contributed by atoms with Gasteiger partial charge in [-0.25, -0.2) is 9.97 Å². The minimum atomic E-state index is 0.403. The van der Waals surface area contributed by atoms with Gasteiger partial charge in [0.2, 0.25) is 0 Å². The number of rotatable bonds is 3. The van der Waals surface area contributed by atoms with Crippen molar-refractivity contribution in [1.29, 1.82) is 0 Å². The van der Waals surface area contributed by atoms with E-state index in [4.69, 9.17) is 9.47 Å². The molecule has 6 nitrogen and oxygen atoms in total. The molecule has 2 aliphatic heterocycles. The Balaban J connectivity index is 2.16. The summed E-state index contributed by atoms with van der Waals surface area (Å²) in [6.45, 7) is 0. The first-order valence-corrected chi connectivity index (χ1v) is 5.99. The second kappa shape index (κ2) is 4.73. The molecule has 0 saturated heterocycles. The van der Waals surface area contributed by atoms with Gasteiger partial charge in [0.1, 0.15) is 17.2 Å². The summed E-state index contributed by atoms with van der Waals surface area (Å²) in [7, 11) is 3.17. The summed E-state index contributed by atoms with van der Waals surface area (Å²) in [5.74, 6) is 2.21. The lowest BCUT2D eigenvalue weighted by molar-refractivity contribution is 0.186. The van der Waals surface area contributed by atoms with Crippen molar-refractivity contribution in [2.75, 3.05) is 14.2 Å². The number of ether oxygens (including phenoxy) is 2. The summed E-state index contributed by atoms with van der Waals surface area (Å²) in [6, 6.07) is 8.89. The van der Waals surface area contributed by atoms with Crippen LogP contribution >= 0.6 is 0 Å². The molecule has 1 N–H and O–H groups in total. The van der Waals surface area contributed by atoms with Crippen LogP contribution in [0.2, 0.25) is 0 Å². The molecule has 0 aliphatic carbocycles. The van der Waals surface area contributed by atoms with E-state index in [1.54, 1.807) is 32.4 Å². The van der Waals surface area contributed by atoms with Crippen molar-refractivity contribution in [3.05, 3.63) is 36.5 Å². The number of hydrogen-bond donors (Lipinski definition) is 1. The number of hydrogen-bond acceptors (Lipinski definition) is 5. The molecule has 3 rings (SSSR count). The number of nitrogens with zero attached hydrogens (tertiary/aromatic N) is 3. The van der Waals surface area contributed by atoms with Crippen LogP contribution in [0.4, 0.5) is 0 Å². The van der Waals surface area contributed by atoms with Crippen molar-refractivity contribution in [2.24, 2.45) is 0 Å². The van der Waals surface area contributed by atoms with Crippen LogP contribution in [0.3, 0.4) is 0 Å². The Bertz CT molecular complexity index is 724. The standard InChI is InChI=1S/C14H13N3O3/c1-19-9-5-6-10(12(8-9)20-2)13-15-11-4-3-7-17(18)14(11)16-13/h3-8,18H,1-2H3. The van der Waals surface area contributed by atoms with E-state index >= 15 is 0 Å². The molecule has 0 aromatic heterocycles. The SMILES string of the molecule is COc1ccc(-c2nc3cccn(O)c-3n2)c(OC)c1. The zero-order valence-electron chi connectivity index (χ0n) is 11.1. The van der Waals surface area contributed by atoms with E-state index in [-0.39, 0.29) is 0 Å². The van der Waals surface area contributed by atoms with Crippen LogP contribution in [0.5, 0.6) is 11.5 Å². The Hall–Kier alpha value is -2.76. The highest BCUT2D eigenvalue weighted by Crippen LogP contribution is 2.33. The highest BCUT2D eigenvalue weighted by atomic mass is 16.5. The maximum Gasteiger partial charge on any atom is 0.195 e. The lowest BCUT2D eigenvalue weighted by Crippen LogP contribution is -1.97. The third-order valence-electron chi connectivity index (χ3n) is 3.02. The van der Waals surface area contributed by atoms with E-state index in [1.165, 1.54) is 6.20 Å². The van der Waals surface area contributed by atoms with Gasteiger partial charge in [0.25, 0.3) is 0 Å². The molecule has 0 fully saturated rings. The number of aromatic nitrogens is 3. The minimum Gasteiger partial charge on any atom is -0.497 e. The average Bonchev–Trinajstić information content (AvgIpc) is 2.92. The van der Waals surface area contributed by atoms with E-state index in [2.05, 4.69) is 9.97 Å². The topological polar surface area (TPSA) is 69.4 Å². The van der Waals surface area contributed by atoms with Crippen LogP contribution < -0.4 is 9.47 Å². The van der Waals surface area contributed by atoms with Gasteiger partial charge < -0.3 is 14.7 Å². The van der Waals surface area contributed by atoms with Gasteiger partial charge in [-0.1, -0.05) is 0 Å². The largest absolute Gasteiger partial charge is 0.497 e. The summed E-state index contributed by atoms with van der Waals surface area (Å²) in [4.78, 5) is 8.72. The first-order chi connectivity index (χ1) is 9.72. The third-order valence-corrected chi connectivity index (χ3v) is 3.02. The molecule has 6 heteroatoms. The lowest BCUT2D eigenvalue weighted by Gasteiger charge is -2.07. The number of imidazole rings is 1. The molecular formula is C14H13N3O3. The molecule has 0 spiro atoms. The first-order valence-electron chi connectivity index (χ1n) is 5.99. The molecule has 0 saturated carbocycles. The molecule has 2 heterocycles. The van der Waals surface area contributed by atoms with Crippen molar-refractivity contribution in [3.8, 4) is 34.4 Å². The molecule has 0 unspecified atom stereocenters. The number of pyridine rings is 1. The smallest absolute Gasteiger partial charge is 0.195 e. The molecule has 0 radical (unpaired) electrons. The summed E-state index contributed by atoms with van der Waals surface area (Å²) in [5.41, 5.74) is 1.35. The van der Waals surface area contributed by atoms with Gasteiger partial charge >= 0.3 is 0 Å². The van der Waals surface area contributed by atoms with E-state index in [0.29, 0.717) is 28.8 Å². The molecular weight excluding hydrogens is 258 g/mol. The molecule has 102 valence electrons. The van der Waals surface area contributed by atoms with E-state index in [9.17, 15) is 5.21 Å². The average molecular weight is 271 g/mol. The van der Waals surface area contributed by atoms with Gasteiger partial charge in [-0.3, -0.25) is 0 Å². The van der Waals surface area contributed by atoms with Crippen molar-refractivity contribution >= 4 is 0 Å². The number of benzene rings is 1. The quantitative estimate of drug-likeness (QED) is 0.740. The Labute approximate surface area is 115 Å². The summed E-state index contributed by atoms with van der Waals surface area (Å²) in [6.07, 6.45) is 1.51. The summed E-state index contributed by atoms with van der Waals surface area (Å²) < 4.78 is 11.4. The predicted molar refractivity (Wildman–Crippen MR) is 72.4 cm³/mol. The normalized spacial score (nSPS) is 10.7. The maximum atomic E-state index is 9.70. The first kappa shape index (κ1) is 12.3. The van der Waals surface area contributed by atoms with Crippen molar-refractivity contribution in [1.82, 2.24) is 14.7 Å². The lowest BCUT2D eigenvalue weighted by atomic mass is 10.2. The Morgan fingerprint density at radius 2 is 1.95 bits per heavy atom. The molecule has 1 aromatic rings. The van der Waals surface area contributed by atoms with Crippen LogP contribution in [-0.2, 0) is 0 Å². The predicted octanol–water partition coefficient (Wildman–Crippen LogP) is 2.30. The van der Waals surface area contributed by atoms with Crippen LogP contribution in [0, 0.1) is 0 Å². The van der Waals surface area contributed by atoms with Crippen molar-refractivity contribution in [2.45, 2.75) is 0 Å². The highest BCUT2D eigenvalue weighted by molar-refractivity contribution is 5.70. The van der Waals surface area contributed by atoms with E-state index in [0.717, 1.165) is 10.3 Å². The van der Waals surface area contributed by atoms with Crippen molar-refractivity contribution < 1.29 is 14.7 Å². The van der Waals surface area contributed by atoms with Gasteiger partial charge in [0, 0.05) is 12.3 Å².